The highest BCUT2D eigenvalue weighted by Gasteiger charge is 1.99. The summed E-state index contributed by atoms with van der Waals surface area (Å²) in [7, 11) is 4.10. The van der Waals surface area contributed by atoms with Gasteiger partial charge < -0.3 is 26.4 Å². The summed E-state index contributed by atoms with van der Waals surface area (Å²) >= 11 is 0. The van der Waals surface area contributed by atoms with Crippen LogP contribution in [-0.2, 0) is 0 Å². The van der Waals surface area contributed by atoms with E-state index < -0.39 is 0 Å². The number of anilines is 2. The van der Waals surface area contributed by atoms with Crippen LogP contribution in [0.1, 0.15) is 0 Å². The number of nitrogens with zero attached hydrogens (tertiary/aromatic N) is 1. The zero-order valence-corrected chi connectivity index (χ0v) is 10.5. The predicted molar refractivity (Wildman–Crippen MR) is 72.4 cm³/mol. The number of hydrogen-bond donors (Lipinski definition) is 4. The van der Waals surface area contributed by atoms with Crippen molar-refractivity contribution in [1.82, 2.24) is 10.2 Å². The zero-order chi connectivity index (χ0) is 12.7. The number of hydrogen-bond acceptors (Lipinski definition) is 5. The molecule has 0 aromatic heterocycles. The molecule has 5 heteroatoms. The second-order valence-electron chi connectivity index (χ2n) is 4.25. The first-order valence-corrected chi connectivity index (χ1v) is 5.77. The maximum atomic E-state index is 9.32. The molecule has 1 aromatic rings. The minimum absolute atomic E-state index is 0.224. The van der Waals surface area contributed by atoms with Gasteiger partial charge in [0.25, 0.3) is 0 Å². The molecule has 5 nitrogen and oxygen atoms in total. The van der Waals surface area contributed by atoms with Crippen molar-refractivity contribution < 1.29 is 5.11 Å². The molecule has 96 valence electrons. The van der Waals surface area contributed by atoms with Gasteiger partial charge in [0.1, 0.15) is 5.75 Å². The molecule has 0 aliphatic carbocycles. The van der Waals surface area contributed by atoms with Crippen LogP contribution in [0.25, 0.3) is 0 Å². The monoisotopic (exact) mass is 238 g/mol. The zero-order valence-electron chi connectivity index (χ0n) is 10.5. The van der Waals surface area contributed by atoms with Crippen molar-refractivity contribution in [2.75, 3.05) is 51.3 Å². The Labute approximate surface area is 103 Å². The Bertz CT molecular complexity index is 341. The van der Waals surface area contributed by atoms with Gasteiger partial charge in [-0.25, -0.2) is 0 Å². The van der Waals surface area contributed by atoms with Gasteiger partial charge in [0.2, 0.25) is 0 Å². The number of nitrogens with one attached hydrogen (secondary N) is 2. The summed E-state index contributed by atoms with van der Waals surface area (Å²) in [5.41, 5.74) is 7.20. The molecule has 0 spiro atoms. The summed E-state index contributed by atoms with van der Waals surface area (Å²) in [6.07, 6.45) is 0. The van der Waals surface area contributed by atoms with Crippen LogP contribution in [0.3, 0.4) is 0 Å². The Morgan fingerprint density at radius 2 is 2.00 bits per heavy atom. The summed E-state index contributed by atoms with van der Waals surface area (Å²) in [5.74, 6) is 0.224. The summed E-state index contributed by atoms with van der Waals surface area (Å²) < 4.78 is 0. The van der Waals surface area contributed by atoms with E-state index in [4.69, 9.17) is 5.73 Å². The first-order valence-electron chi connectivity index (χ1n) is 5.77. The van der Waals surface area contributed by atoms with Crippen LogP contribution in [-0.4, -0.2) is 50.3 Å². The molecule has 5 N–H and O–H groups in total. The van der Waals surface area contributed by atoms with Gasteiger partial charge in [-0.1, -0.05) is 0 Å². The molecule has 0 bridgehead atoms. The largest absolute Gasteiger partial charge is 0.508 e. The summed E-state index contributed by atoms with van der Waals surface area (Å²) in [6.45, 7) is 3.63. The van der Waals surface area contributed by atoms with E-state index in [9.17, 15) is 5.11 Å². The van der Waals surface area contributed by atoms with Crippen molar-refractivity contribution >= 4 is 11.4 Å². The SMILES string of the molecule is CN(C)CCNCCNc1cc(O)ccc1N. The van der Waals surface area contributed by atoms with Gasteiger partial charge in [0.05, 0.1) is 11.4 Å². The Morgan fingerprint density at radius 3 is 2.71 bits per heavy atom. The molecule has 0 radical (unpaired) electrons. The number of rotatable bonds is 7. The van der Waals surface area contributed by atoms with Crippen molar-refractivity contribution in [3.63, 3.8) is 0 Å². The number of likely N-dealkylation sites (N-methyl/N-ethyl adjacent to an activating group) is 1. The Kier molecular flexibility index (Phi) is 5.59. The van der Waals surface area contributed by atoms with Gasteiger partial charge in [-0.3, -0.25) is 0 Å². The second kappa shape index (κ2) is 6.98. The normalized spacial score (nSPS) is 10.8. The first-order chi connectivity index (χ1) is 8.09. The van der Waals surface area contributed by atoms with E-state index in [-0.39, 0.29) is 5.75 Å². The minimum atomic E-state index is 0.224. The topological polar surface area (TPSA) is 73.5 Å². The van der Waals surface area contributed by atoms with E-state index >= 15 is 0 Å². The predicted octanol–water partition coefficient (Wildman–Crippen LogP) is 0.538. The van der Waals surface area contributed by atoms with Crippen LogP contribution < -0.4 is 16.4 Å². The van der Waals surface area contributed by atoms with Gasteiger partial charge in [0.15, 0.2) is 0 Å². The summed E-state index contributed by atoms with van der Waals surface area (Å²) in [6, 6.07) is 4.90. The number of aromatic hydroxyl groups is 1. The van der Waals surface area contributed by atoms with E-state index in [0.717, 1.165) is 31.9 Å². The van der Waals surface area contributed by atoms with Gasteiger partial charge in [-0.15, -0.1) is 0 Å². The van der Waals surface area contributed by atoms with Gasteiger partial charge >= 0.3 is 0 Å². The standard InChI is InChI=1S/C12H22N4O/c1-16(2)8-7-14-5-6-15-12-9-10(17)3-4-11(12)13/h3-4,9,14-15,17H,5-8,13H2,1-2H3. The fourth-order valence-corrected chi connectivity index (χ4v) is 1.41. The van der Waals surface area contributed by atoms with Crippen molar-refractivity contribution in [3.05, 3.63) is 18.2 Å². The smallest absolute Gasteiger partial charge is 0.117 e. The molecule has 0 amide bonds. The highest BCUT2D eigenvalue weighted by molar-refractivity contribution is 5.67. The van der Waals surface area contributed by atoms with E-state index in [0.29, 0.717) is 5.69 Å². The third kappa shape index (κ3) is 5.42. The van der Waals surface area contributed by atoms with Gasteiger partial charge in [0, 0.05) is 32.2 Å². The van der Waals surface area contributed by atoms with Crippen molar-refractivity contribution in [2.24, 2.45) is 0 Å². The van der Waals surface area contributed by atoms with Gasteiger partial charge in [-0.05, 0) is 26.2 Å². The Balaban J connectivity index is 2.20. The van der Waals surface area contributed by atoms with E-state index in [1.165, 1.54) is 0 Å². The Hall–Kier alpha value is -1.46. The van der Waals surface area contributed by atoms with E-state index in [2.05, 4.69) is 15.5 Å². The average molecular weight is 238 g/mol. The Morgan fingerprint density at radius 1 is 1.24 bits per heavy atom. The molecule has 0 aliphatic heterocycles. The molecular formula is C12H22N4O. The minimum Gasteiger partial charge on any atom is -0.508 e. The fourth-order valence-electron chi connectivity index (χ4n) is 1.41. The lowest BCUT2D eigenvalue weighted by atomic mass is 10.2. The fraction of sp³-hybridized carbons (Fsp3) is 0.500. The summed E-state index contributed by atoms with van der Waals surface area (Å²) in [4.78, 5) is 2.13. The molecule has 0 fully saturated rings. The van der Waals surface area contributed by atoms with Crippen LogP contribution in [0.15, 0.2) is 18.2 Å². The molecule has 0 saturated carbocycles. The van der Waals surface area contributed by atoms with Crippen LogP contribution in [0.5, 0.6) is 5.75 Å². The highest BCUT2D eigenvalue weighted by Crippen LogP contribution is 2.22. The quantitative estimate of drug-likeness (QED) is 0.317. The van der Waals surface area contributed by atoms with Crippen molar-refractivity contribution in [3.8, 4) is 5.75 Å². The maximum absolute atomic E-state index is 9.32. The lowest BCUT2D eigenvalue weighted by Crippen LogP contribution is -2.30. The maximum Gasteiger partial charge on any atom is 0.117 e. The summed E-state index contributed by atoms with van der Waals surface area (Å²) in [5, 5.41) is 15.8. The molecule has 17 heavy (non-hydrogen) atoms. The van der Waals surface area contributed by atoms with E-state index in [1.54, 1.807) is 18.2 Å². The molecule has 0 heterocycles. The molecular weight excluding hydrogens is 216 g/mol. The molecule has 0 aliphatic rings. The second-order valence-corrected chi connectivity index (χ2v) is 4.25. The average Bonchev–Trinajstić information content (AvgIpc) is 2.27. The van der Waals surface area contributed by atoms with Crippen LogP contribution in [0, 0.1) is 0 Å². The third-order valence-corrected chi connectivity index (χ3v) is 2.39. The van der Waals surface area contributed by atoms with Crippen molar-refractivity contribution in [1.29, 1.82) is 0 Å². The lowest BCUT2D eigenvalue weighted by molar-refractivity contribution is 0.402. The molecule has 0 saturated heterocycles. The van der Waals surface area contributed by atoms with Crippen LogP contribution >= 0.6 is 0 Å². The number of phenols is 1. The first kappa shape index (κ1) is 13.6. The highest BCUT2D eigenvalue weighted by atomic mass is 16.3. The van der Waals surface area contributed by atoms with Crippen LogP contribution in [0.2, 0.25) is 0 Å². The third-order valence-electron chi connectivity index (χ3n) is 2.39. The van der Waals surface area contributed by atoms with E-state index in [1.807, 2.05) is 14.1 Å². The lowest BCUT2D eigenvalue weighted by Gasteiger charge is -2.12. The molecule has 0 atom stereocenters. The number of nitrogen functional groups attached to an aromatic ring is 1. The number of nitrogens with two attached hydrogens (primary N) is 1. The molecule has 1 aromatic carbocycles. The van der Waals surface area contributed by atoms with Gasteiger partial charge in [-0.2, -0.15) is 0 Å². The van der Waals surface area contributed by atoms with Crippen LogP contribution in [0.4, 0.5) is 11.4 Å². The molecule has 1 rings (SSSR count). The molecule has 0 unspecified atom stereocenters. The number of phenolic OH excluding ortho intramolecular Hbond substituents is 1. The number of benzene rings is 1. The van der Waals surface area contributed by atoms with Crippen molar-refractivity contribution in [2.45, 2.75) is 0 Å².